The molecule has 102 valence electrons. The van der Waals surface area contributed by atoms with E-state index in [2.05, 4.69) is 10.3 Å². The molecule has 19 heavy (non-hydrogen) atoms. The average molecular weight is 281 g/mol. The summed E-state index contributed by atoms with van der Waals surface area (Å²) in [5.74, 6) is 1.56. The van der Waals surface area contributed by atoms with Crippen LogP contribution in [0.3, 0.4) is 0 Å². The Morgan fingerprint density at radius 2 is 2.42 bits per heavy atom. The molecule has 1 heterocycles. The minimum atomic E-state index is -0.384. The van der Waals surface area contributed by atoms with Gasteiger partial charge in [0, 0.05) is 24.1 Å². The SMILES string of the molecule is COC(C)CN=C1CSc2cc([N+](=O)[O-])ccc2N1. The minimum absolute atomic E-state index is 0.0811. The highest BCUT2D eigenvalue weighted by molar-refractivity contribution is 8.00. The van der Waals surface area contributed by atoms with Crippen LogP contribution in [0.4, 0.5) is 11.4 Å². The van der Waals surface area contributed by atoms with Gasteiger partial charge in [0.15, 0.2) is 0 Å². The van der Waals surface area contributed by atoms with Crippen molar-refractivity contribution < 1.29 is 9.66 Å². The molecule has 0 bridgehead atoms. The van der Waals surface area contributed by atoms with Crippen LogP contribution in [0, 0.1) is 10.1 Å². The number of aliphatic imine (C=N–C) groups is 1. The van der Waals surface area contributed by atoms with Crippen LogP contribution in [0.5, 0.6) is 0 Å². The number of fused-ring (bicyclic) bond motifs is 1. The van der Waals surface area contributed by atoms with E-state index in [1.807, 2.05) is 6.92 Å². The van der Waals surface area contributed by atoms with Crippen LogP contribution in [0.25, 0.3) is 0 Å². The van der Waals surface area contributed by atoms with Gasteiger partial charge < -0.3 is 10.1 Å². The third-order valence-electron chi connectivity index (χ3n) is 2.76. The Morgan fingerprint density at radius 1 is 1.63 bits per heavy atom. The lowest BCUT2D eigenvalue weighted by Crippen LogP contribution is -2.22. The van der Waals surface area contributed by atoms with Crippen LogP contribution >= 0.6 is 11.8 Å². The molecule has 1 atom stereocenters. The Labute approximate surface area is 115 Å². The number of nitro benzene ring substituents is 1. The molecule has 0 amide bonds. The van der Waals surface area contributed by atoms with Gasteiger partial charge in [-0.1, -0.05) is 0 Å². The molecule has 1 N–H and O–H groups in total. The number of thioether (sulfide) groups is 1. The molecule has 1 aliphatic heterocycles. The third kappa shape index (κ3) is 3.45. The zero-order chi connectivity index (χ0) is 13.8. The fraction of sp³-hybridized carbons (Fsp3) is 0.417. The van der Waals surface area contributed by atoms with Crippen molar-refractivity contribution in [3.8, 4) is 0 Å². The topological polar surface area (TPSA) is 76.8 Å². The van der Waals surface area contributed by atoms with Crippen LogP contribution in [-0.2, 0) is 4.74 Å². The van der Waals surface area contributed by atoms with Crippen LogP contribution in [-0.4, -0.2) is 36.3 Å². The van der Waals surface area contributed by atoms with Gasteiger partial charge in [-0.15, -0.1) is 11.8 Å². The van der Waals surface area contributed by atoms with Gasteiger partial charge in [0.2, 0.25) is 0 Å². The number of anilines is 1. The van der Waals surface area contributed by atoms with E-state index < -0.39 is 0 Å². The van der Waals surface area contributed by atoms with Crippen molar-refractivity contribution in [2.75, 3.05) is 24.7 Å². The molecule has 1 aromatic carbocycles. The molecular formula is C12H15N3O3S. The van der Waals surface area contributed by atoms with E-state index in [9.17, 15) is 10.1 Å². The predicted octanol–water partition coefficient (Wildman–Crippen LogP) is 2.55. The number of non-ortho nitro benzene ring substituents is 1. The molecule has 0 spiro atoms. The highest BCUT2D eigenvalue weighted by Gasteiger charge is 2.17. The summed E-state index contributed by atoms with van der Waals surface area (Å²) >= 11 is 1.55. The summed E-state index contributed by atoms with van der Waals surface area (Å²) in [6.45, 7) is 2.55. The first-order valence-corrected chi connectivity index (χ1v) is 6.83. The summed E-state index contributed by atoms with van der Waals surface area (Å²) in [6.07, 6.45) is 0.0811. The highest BCUT2D eigenvalue weighted by Crippen LogP contribution is 2.34. The van der Waals surface area contributed by atoms with Gasteiger partial charge in [0.25, 0.3) is 5.69 Å². The zero-order valence-corrected chi connectivity index (χ0v) is 11.6. The molecule has 0 fully saturated rings. The lowest BCUT2D eigenvalue weighted by atomic mass is 10.2. The van der Waals surface area contributed by atoms with Crippen LogP contribution in [0.15, 0.2) is 28.1 Å². The Morgan fingerprint density at radius 3 is 3.11 bits per heavy atom. The maximum atomic E-state index is 10.7. The molecule has 6 nitrogen and oxygen atoms in total. The summed E-state index contributed by atoms with van der Waals surface area (Å²) in [5.41, 5.74) is 0.979. The van der Waals surface area contributed by atoms with Crippen LogP contribution in [0.2, 0.25) is 0 Å². The monoisotopic (exact) mass is 281 g/mol. The van der Waals surface area contributed by atoms with E-state index in [1.165, 1.54) is 6.07 Å². The number of amidine groups is 1. The smallest absolute Gasteiger partial charge is 0.270 e. The highest BCUT2D eigenvalue weighted by atomic mass is 32.2. The first kappa shape index (κ1) is 13.8. The fourth-order valence-electron chi connectivity index (χ4n) is 1.58. The van der Waals surface area contributed by atoms with Crippen molar-refractivity contribution in [3.63, 3.8) is 0 Å². The largest absolute Gasteiger partial charge is 0.380 e. The van der Waals surface area contributed by atoms with Gasteiger partial charge >= 0.3 is 0 Å². The van der Waals surface area contributed by atoms with E-state index in [4.69, 9.17) is 4.74 Å². The molecule has 0 radical (unpaired) electrons. The van der Waals surface area contributed by atoms with Crippen LogP contribution in [0.1, 0.15) is 6.92 Å². The number of methoxy groups -OCH3 is 1. The molecular weight excluding hydrogens is 266 g/mol. The Hall–Kier alpha value is -1.60. The van der Waals surface area contributed by atoms with Gasteiger partial charge in [-0.2, -0.15) is 0 Å². The second kappa shape index (κ2) is 6.03. The molecule has 2 rings (SSSR count). The minimum Gasteiger partial charge on any atom is -0.380 e. The van der Waals surface area contributed by atoms with Gasteiger partial charge in [-0.25, -0.2) is 0 Å². The van der Waals surface area contributed by atoms with E-state index in [1.54, 1.807) is 31.0 Å². The summed E-state index contributed by atoms with van der Waals surface area (Å²) < 4.78 is 5.14. The number of nitrogens with zero attached hydrogens (tertiary/aromatic N) is 2. The van der Waals surface area contributed by atoms with Crippen molar-refractivity contribution in [3.05, 3.63) is 28.3 Å². The summed E-state index contributed by atoms with van der Waals surface area (Å²) in [4.78, 5) is 15.6. The lowest BCUT2D eigenvalue weighted by molar-refractivity contribution is -0.385. The van der Waals surface area contributed by atoms with Crippen molar-refractivity contribution in [1.29, 1.82) is 0 Å². The first-order chi connectivity index (χ1) is 9.10. The molecule has 1 unspecified atom stereocenters. The quantitative estimate of drug-likeness (QED) is 0.678. The maximum Gasteiger partial charge on any atom is 0.270 e. The second-order valence-electron chi connectivity index (χ2n) is 4.18. The normalized spacial score (nSPS) is 17.7. The number of nitro groups is 1. The molecule has 0 aromatic heterocycles. The second-order valence-corrected chi connectivity index (χ2v) is 5.20. The fourth-order valence-corrected chi connectivity index (χ4v) is 2.52. The van der Waals surface area contributed by atoms with E-state index >= 15 is 0 Å². The molecule has 0 saturated carbocycles. The average Bonchev–Trinajstić information content (AvgIpc) is 2.43. The number of nitrogens with one attached hydrogen (secondary N) is 1. The van der Waals surface area contributed by atoms with Crippen molar-refractivity contribution in [2.24, 2.45) is 4.99 Å². The third-order valence-corrected chi connectivity index (χ3v) is 3.83. The van der Waals surface area contributed by atoms with E-state index in [0.29, 0.717) is 12.3 Å². The number of benzene rings is 1. The number of hydrogen-bond donors (Lipinski definition) is 1. The zero-order valence-electron chi connectivity index (χ0n) is 10.8. The van der Waals surface area contributed by atoms with E-state index in [-0.39, 0.29) is 16.7 Å². The molecule has 0 aliphatic carbocycles. The predicted molar refractivity (Wildman–Crippen MR) is 76.2 cm³/mol. The van der Waals surface area contributed by atoms with Gasteiger partial charge in [-0.05, 0) is 13.0 Å². The standard InChI is InChI=1S/C12H15N3O3S/c1-8(18-2)6-13-12-7-19-11-5-9(15(16)17)3-4-10(11)14-12/h3-5,8H,6-7H2,1-2H3,(H,13,14). The van der Waals surface area contributed by atoms with Crippen molar-refractivity contribution >= 4 is 29.0 Å². The van der Waals surface area contributed by atoms with Crippen molar-refractivity contribution in [1.82, 2.24) is 0 Å². The van der Waals surface area contributed by atoms with Crippen LogP contribution < -0.4 is 5.32 Å². The lowest BCUT2D eigenvalue weighted by Gasteiger charge is -2.19. The first-order valence-electron chi connectivity index (χ1n) is 5.84. The van der Waals surface area contributed by atoms with E-state index in [0.717, 1.165) is 16.4 Å². The number of rotatable bonds is 4. The Bertz CT molecular complexity index is 519. The summed E-state index contributed by atoms with van der Waals surface area (Å²) in [7, 11) is 1.66. The van der Waals surface area contributed by atoms with Gasteiger partial charge in [0.05, 0.1) is 29.0 Å². The molecule has 1 aromatic rings. The molecule has 0 saturated heterocycles. The van der Waals surface area contributed by atoms with Crippen molar-refractivity contribution in [2.45, 2.75) is 17.9 Å². The molecule has 1 aliphatic rings. The van der Waals surface area contributed by atoms with Gasteiger partial charge in [-0.3, -0.25) is 15.1 Å². The summed E-state index contributed by atoms with van der Waals surface area (Å²) in [5, 5.41) is 13.9. The maximum absolute atomic E-state index is 10.7. The Balaban J connectivity index is 2.10. The Kier molecular flexibility index (Phi) is 4.39. The number of hydrogen-bond acceptors (Lipinski definition) is 5. The molecule has 7 heteroatoms. The van der Waals surface area contributed by atoms with Gasteiger partial charge in [0.1, 0.15) is 5.84 Å². The number of ether oxygens (including phenoxy) is 1. The summed E-state index contributed by atoms with van der Waals surface area (Å²) in [6, 6.07) is 4.80.